The van der Waals surface area contributed by atoms with Gasteiger partial charge in [-0.15, -0.1) is 12.4 Å². The third-order valence-electron chi connectivity index (χ3n) is 4.17. The minimum absolute atomic E-state index is 0. The van der Waals surface area contributed by atoms with E-state index in [1.165, 1.54) is 0 Å². The van der Waals surface area contributed by atoms with Crippen LogP contribution < -0.4 is 10.2 Å². The third-order valence-corrected chi connectivity index (χ3v) is 4.72. The Labute approximate surface area is 162 Å². The molecule has 1 N–H and O–H groups in total. The summed E-state index contributed by atoms with van der Waals surface area (Å²) in [5.74, 6) is 0.417. The van der Waals surface area contributed by atoms with Crippen LogP contribution in [0, 0.1) is 0 Å². The first-order valence-corrected chi connectivity index (χ1v) is 8.51. The van der Waals surface area contributed by atoms with Crippen LogP contribution in [0.3, 0.4) is 0 Å². The zero-order chi connectivity index (χ0) is 17.3. The smallest absolute Gasteiger partial charge is 0.239 e. The second kappa shape index (κ2) is 8.36. The Kier molecular flexibility index (Phi) is 6.68. The van der Waals surface area contributed by atoms with Crippen molar-refractivity contribution in [1.29, 1.82) is 0 Å². The predicted molar refractivity (Wildman–Crippen MR) is 99.9 cm³/mol. The third kappa shape index (κ3) is 4.26. The van der Waals surface area contributed by atoms with Crippen LogP contribution >= 0.6 is 35.6 Å². The van der Waals surface area contributed by atoms with Crippen molar-refractivity contribution in [3.63, 3.8) is 0 Å². The lowest BCUT2D eigenvalue weighted by atomic mass is 10.1. The number of nitrogens with zero attached hydrogens (tertiary/aromatic N) is 3. The highest BCUT2D eigenvalue weighted by molar-refractivity contribution is 6.35. The lowest BCUT2D eigenvalue weighted by Gasteiger charge is -2.18. The molecule has 3 rings (SSSR count). The summed E-state index contributed by atoms with van der Waals surface area (Å²) in [6.07, 6.45) is 1.25. The number of aromatic nitrogens is 2. The Morgan fingerprint density at radius 2 is 2.20 bits per heavy atom. The summed E-state index contributed by atoms with van der Waals surface area (Å²) < 4.78 is 5.31. The number of likely N-dealkylation sites (N-methyl/N-ethyl adjacent to an activating group) is 1. The number of hydrogen-bond acceptors (Lipinski definition) is 5. The highest BCUT2D eigenvalue weighted by Crippen LogP contribution is 2.36. The molecule has 9 heteroatoms. The number of nitrogens with one attached hydrogen (secondary N) is 1. The molecular weight excluding hydrogens is 387 g/mol. The minimum atomic E-state index is -0.439. The Bertz CT molecular complexity index is 753. The molecule has 1 aliphatic rings. The van der Waals surface area contributed by atoms with Crippen molar-refractivity contribution in [3.05, 3.63) is 40.0 Å². The lowest BCUT2D eigenvalue weighted by molar-refractivity contribution is -0.118. The van der Waals surface area contributed by atoms with Crippen LogP contribution in [-0.4, -0.2) is 35.7 Å². The summed E-state index contributed by atoms with van der Waals surface area (Å²) in [6, 6.07) is 5.30. The summed E-state index contributed by atoms with van der Waals surface area (Å²) in [4.78, 5) is 18.7. The van der Waals surface area contributed by atoms with E-state index in [9.17, 15) is 4.79 Å². The molecule has 1 amide bonds. The molecule has 0 radical (unpaired) electrons. The zero-order valence-electron chi connectivity index (χ0n) is 13.8. The molecule has 2 heterocycles. The summed E-state index contributed by atoms with van der Waals surface area (Å²) in [7, 11) is 1.87. The molecular formula is C16H19Cl3N4O2. The maximum absolute atomic E-state index is 12.7. The molecule has 0 saturated carbocycles. The fraction of sp³-hybridized carbons (Fsp3) is 0.438. The molecule has 0 bridgehead atoms. The molecule has 0 spiro atoms. The number of halogens is 3. The molecule has 2 aromatic rings. The van der Waals surface area contributed by atoms with E-state index in [-0.39, 0.29) is 24.4 Å². The number of carbonyl (C=O) groups excluding carboxylic acids is 1. The van der Waals surface area contributed by atoms with Gasteiger partial charge >= 0.3 is 0 Å². The first kappa shape index (κ1) is 20.0. The van der Waals surface area contributed by atoms with E-state index in [1.54, 1.807) is 23.1 Å². The zero-order valence-corrected chi connectivity index (χ0v) is 16.2. The lowest BCUT2D eigenvalue weighted by Crippen LogP contribution is -2.26. The number of benzene rings is 1. The van der Waals surface area contributed by atoms with E-state index in [4.69, 9.17) is 27.7 Å². The average molecular weight is 406 g/mol. The first-order chi connectivity index (χ1) is 11.5. The Balaban J connectivity index is 0.00000225. The van der Waals surface area contributed by atoms with Crippen molar-refractivity contribution in [3.8, 4) is 0 Å². The van der Waals surface area contributed by atoms with Gasteiger partial charge < -0.3 is 14.7 Å². The van der Waals surface area contributed by atoms with Crippen molar-refractivity contribution < 1.29 is 9.32 Å². The quantitative estimate of drug-likeness (QED) is 0.824. The fourth-order valence-corrected chi connectivity index (χ4v) is 3.09. The van der Waals surface area contributed by atoms with Crippen molar-refractivity contribution in [1.82, 2.24) is 15.5 Å². The van der Waals surface area contributed by atoms with Crippen molar-refractivity contribution in [2.75, 3.05) is 18.5 Å². The van der Waals surface area contributed by atoms with Crippen molar-refractivity contribution >= 4 is 47.2 Å². The highest BCUT2D eigenvalue weighted by atomic mass is 35.5. The van der Waals surface area contributed by atoms with Gasteiger partial charge in [0.15, 0.2) is 5.82 Å². The molecule has 1 aliphatic heterocycles. The molecule has 136 valence electrons. The number of carbonyl (C=O) groups is 1. The van der Waals surface area contributed by atoms with Gasteiger partial charge in [0.05, 0.1) is 10.7 Å². The van der Waals surface area contributed by atoms with Crippen LogP contribution in [0.15, 0.2) is 22.7 Å². The van der Waals surface area contributed by atoms with Crippen molar-refractivity contribution in [2.24, 2.45) is 0 Å². The van der Waals surface area contributed by atoms with Crippen LogP contribution in [0.1, 0.15) is 31.0 Å². The molecule has 1 saturated heterocycles. The van der Waals surface area contributed by atoms with Gasteiger partial charge in [-0.3, -0.25) is 4.79 Å². The Morgan fingerprint density at radius 3 is 2.92 bits per heavy atom. The molecule has 2 unspecified atom stereocenters. The van der Waals surface area contributed by atoms with E-state index in [1.807, 2.05) is 14.0 Å². The maximum atomic E-state index is 12.7. The first-order valence-electron chi connectivity index (χ1n) is 7.75. The second-order valence-corrected chi connectivity index (χ2v) is 6.71. The largest absolute Gasteiger partial charge is 0.338 e. The van der Waals surface area contributed by atoms with E-state index < -0.39 is 5.92 Å². The predicted octanol–water partition coefficient (Wildman–Crippen LogP) is 3.47. The highest BCUT2D eigenvalue weighted by Gasteiger charge is 2.38. The van der Waals surface area contributed by atoms with Gasteiger partial charge in [0.1, 0.15) is 5.92 Å². The fourth-order valence-electron chi connectivity index (χ4n) is 2.71. The summed E-state index contributed by atoms with van der Waals surface area (Å²) in [5.41, 5.74) is 0.611. The van der Waals surface area contributed by atoms with Gasteiger partial charge in [-0.05, 0) is 38.6 Å². The summed E-state index contributed by atoms with van der Waals surface area (Å²) >= 11 is 12.2. The topological polar surface area (TPSA) is 71.3 Å². The maximum Gasteiger partial charge on any atom is 0.239 e. The van der Waals surface area contributed by atoms with Gasteiger partial charge in [0.25, 0.3) is 0 Å². The number of hydrogen-bond donors (Lipinski definition) is 1. The number of anilines is 1. The van der Waals surface area contributed by atoms with Gasteiger partial charge in [0, 0.05) is 24.0 Å². The van der Waals surface area contributed by atoms with E-state index >= 15 is 0 Å². The molecule has 0 aliphatic carbocycles. The summed E-state index contributed by atoms with van der Waals surface area (Å²) in [6.45, 7) is 2.56. The minimum Gasteiger partial charge on any atom is -0.338 e. The number of amides is 1. The standard InChI is InChI=1S/C16H18Cl2N4O2.ClH/c1-9(19-2)7-14-20-15(24-21-14)11-5-6-22(16(11)23)13-8-10(17)3-4-12(13)18;/h3-4,8-9,11,19H,5-7H2,1-2H3;1H. The number of rotatable bonds is 5. The summed E-state index contributed by atoms with van der Waals surface area (Å²) in [5, 5.41) is 8.11. The Morgan fingerprint density at radius 1 is 1.44 bits per heavy atom. The molecule has 1 fully saturated rings. The molecule has 25 heavy (non-hydrogen) atoms. The van der Waals surface area contributed by atoms with Gasteiger partial charge in [-0.1, -0.05) is 28.4 Å². The van der Waals surface area contributed by atoms with Crippen LogP contribution in [0.5, 0.6) is 0 Å². The van der Waals surface area contributed by atoms with Crippen LogP contribution in [0.25, 0.3) is 0 Å². The normalized spacial score (nSPS) is 18.3. The Hall–Kier alpha value is -1.34. The van der Waals surface area contributed by atoms with Gasteiger partial charge in [0.2, 0.25) is 11.8 Å². The van der Waals surface area contributed by atoms with Crippen LogP contribution in [0.4, 0.5) is 5.69 Å². The SMILES string of the molecule is CNC(C)Cc1noc(C2CCN(c3cc(Cl)ccc3Cl)C2=O)n1.Cl. The monoisotopic (exact) mass is 404 g/mol. The molecule has 1 aromatic carbocycles. The van der Waals surface area contributed by atoms with Crippen LogP contribution in [-0.2, 0) is 11.2 Å². The molecule has 6 nitrogen and oxygen atoms in total. The molecule has 2 atom stereocenters. The van der Waals surface area contributed by atoms with Crippen molar-refractivity contribution in [2.45, 2.75) is 31.7 Å². The van der Waals surface area contributed by atoms with Gasteiger partial charge in [-0.2, -0.15) is 4.98 Å². The second-order valence-electron chi connectivity index (χ2n) is 5.87. The van der Waals surface area contributed by atoms with E-state index in [0.717, 1.165) is 0 Å². The molecule has 1 aromatic heterocycles. The van der Waals surface area contributed by atoms with E-state index in [2.05, 4.69) is 15.5 Å². The average Bonchev–Trinajstić information content (AvgIpc) is 3.16. The van der Waals surface area contributed by atoms with E-state index in [0.29, 0.717) is 46.8 Å². The van der Waals surface area contributed by atoms with Crippen LogP contribution in [0.2, 0.25) is 10.0 Å². The van der Waals surface area contributed by atoms with Gasteiger partial charge in [-0.25, -0.2) is 0 Å².